The minimum absolute atomic E-state index is 0.0977. The molecular weight excluding hydrogens is 183 g/mol. The Balaban J connectivity index is 2.16. The molecule has 0 aliphatic heterocycles. The van der Waals surface area contributed by atoms with Crippen molar-refractivity contribution in [2.24, 2.45) is 0 Å². The zero-order valence-corrected chi connectivity index (χ0v) is 7.86. The molecule has 0 bridgehead atoms. The highest BCUT2D eigenvalue weighted by atomic mass is 19.1. The van der Waals surface area contributed by atoms with Crippen molar-refractivity contribution in [1.82, 2.24) is 4.98 Å². The summed E-state index contributed by atoms with van der Waals surface area (Å²) in [4.78, 5) is 5.54. The molecule has 14 heavy (non-hydrogen) atoms. The van der Waals surface area contributed by atoms with Gasteiger partial charge in [0.25, 0.3) is 0 Å². The quantitative estimate of drug-likeness (QED) is 0.735. The van der Waals surface area contributed by atoms with Gasteiger partial charge in [-0.25, -0.2) is 4.98 Å². The number of nitrogens with zero attached hydrogens (tertiary/aromatic N) is 2. The van der Waals surface area contributed by atoms with Gasteiger partial charge in [-0.2, -0.15) is 4.39 Å². The predicted octanol–water partition coefficient (Wildman–Crippen LogP) is 1.18. The summed E-state index contributed by atoms with van der Waals surface area (Å²) in [5.74, 6) is -0.467. The third kappa shape index (κ3) is 2.01. The Kier molecular flexibility index (Phi) is 2.63. The highest BCUT2D eigenvalue weighted by Crippen LogP contribution is 2.31. The van der Waals surface area contributed by atoms with E-state index in [1.165, 1.54) is 12.3 Å². The molecule has 0 amide bonds. The molecule has 0 spiro atoms. The number of anilines is 1. The molecule has 1 fully saturated rings. The monoisotopic (exact) mass is 196 g/mol. The van der Waals surface area contributed by atoms with Gasteiger partial charge in [0, 0.05) is 30.5 Å². The summed E-state index contributed by atoms with van der Waals surface area (Å²) in [6, 6.07) is 3.66. The molecule has 2 rings (SSSR count). The third-order valence-corrected chi connectivity index (χ3v) is 2.37. The van der Waals surface area contributed by atoms with Gasteiger partial charge in [-0.15, -0.1) is 0 Å². The standard InChI is InChI=1S/C10H13FN2O/c11-10-7-9(3-4-12-10)13(5-6-14)8-1-2-8/h3-4,7-8,14H,1-2,5-6H2. The average molecular weight is 196 g/mol. The Bertz CT molecular complexity index is 315. The van der Waals surface area contributed by atoms with Gasteiger partial charge in [-0.05, 0) is 18.9 Å². The smallest absolute Gasteiger partial charge is 0.214 e. The molecule has 1 saturated carbocycles. The van der Waals surface area contributed by atoms with Crippen molar-refractivity contribution in [2.45, 2.75) is 18.9 Å². The van der Waals surface area contributed by atoms with Crippen LogP contribution in [0.25, 0.3) is 0 Å². The number of pyridine rings is 1. The molecule has 3 nitrogen and oxygen atoms in total. The summed E-state index contributed by atoms with van der Waals surface area (Å²) in [5, 5.41) is 8.89. The van der Waals surface area contributed by atoms with Gasteiger partial charge in [-0.3, -0.25) is 0 Å². The van der Waals surface area contributed by atoms with Crippen LogP contribution in [-0.2, 0) is 0 Å². The first-order chi connectivity index (χ1) is 6.81. The second kappa shape index (κ2) is 3.92. The minimum atomic E-state index is -0.467. The molecule has 1 aliphatic carbocycles. The van der Waals surface area contributed by atoms with E-state index in [2.05, 4.69) is 4.98 Å². The van der Waals surface area contributed by atoms with Crippen LogP contribution in [0.3, 0.4) is 0 Å². The first-order valence-electron chi connectivity index (χ1n) is 4.80. The Labute approximate surface area is 82.2 Å². The molecule has 0 radical (unpaired) electrons. The van der Waals surface area contributed by atoms with Crippen LogP contribution in [0.15, 0.2) is 18.3 Å². The third-order valence-electron chi connectivity index (χ3n) is 2.37. The number of rotatable bonds is 4. The zero-order valence-electron chi connectivity index (χ0n) is 7.86. The first-order valence-corrected chi connectivity index (χ1v) is 4.80. The van der Waals surface area contributed by atoms with Gasteiger partial charge < -0.3 is 10.0 Å². The summed E-state index contributed by atoms with van der Waals surface area (Å²) in [6.07, 6.45) is 3.71. The van der Waals surface area contributed by atoms with Crippen LogP contribution >= 0.6 is 0 Å². The lowest BCUT2D eigenvalue weighted by molar-refractivity contribution is 0.301. The van der Waals surface area contributed by atoms with Crippen LogP contribution in [0.4, 0.5) is 10.1 Å². The first kappa shape index (κ1) is 9.40. The molecule has 1 aromatic rings. The van der Waals surface area contributed by atoms with Gasteiger partial charge in [-0.1, -0.05) is 0 Å². The number of aliphatic hydroxyl groups excluding tert-OH is 1. The molecule has 1 aliphatic rings. The predicted molar refractivity (Wildman–Crippen MR) is 51.6 cm³/mol. The summed E-state index contributed by atoms with van der Waals surface area (Å²) >= 11 is 0. The molecule has 1 N–H and O–H groups in total. The second-order valence-corrected chi connectivity index (χ2v) is 3.48. The van der Waals surface area contributed by atoms with Crippen LogP contribution in [0.5, 0.6) is 0 Å². The SMILES string of the molecule is OCCN(c1ccnc(F)c1)C1CC1. The topological polar surface area (TPSA) is 36.4 Å². The van der Waals surface area contributed by atoms with Gasteiger partial charge >= 0.3 is 0 Å². The van der Waals surface area contributed by atoms with Crippen molar-refractivity contribution >= 4 is 5.69 Å². The fourth-order valence-corrected chi connectivity index (χ4v) is 1.59. The van der Waals surface area contributed by atoms with Gasteiger partial charge in [0.2, 0.25) is 5.95 Å². The van der Waals surface area contributed by atoms with Crippen molar-refractivity contribution in [3.05, 3.63) is 24.3 Å². The summed E-state index contributed by atoms with van der Waals surface area (Å²) < 4.78 is 12.9. The van der Waals surface area contributed by atoms with Crippen molar-refractivity contribution in [3.63, 3.8) is 0 Å². The molecule has 0 unspecified atom stereocenters. The summed E-state index contributed by atoms with van der Waals surface area (Å²) in [6.45, 7) is 0.661. The number of aliphatic hydroxyl groups is 1. The van der Waals surface area contributed by atoms with E-state index in [1.54, 1.807) is 6.07 Å². The maximum atomic E-state index is 12.9. The second-order valence-electron chi connectivity index (χ2n) is 3.48. The van der Waals surface area contributed by atoms with E-state index in [0.29, 0.717) is 12.6 Å². The molecule has 1 heterocycles. The van der Waals surface area contributed by atoms with Crippen LogP contribution in [0, 0.1) is 5.95 Å². The van der Waals surface area contributed by atoms with E-state index in [4.69, 9.17) is 5.11 Å². The maximum absolute atomic E-state index is 12.9. The summed E-state index contributed by atoms with van der Waals surface area (Å²) in [5.41, 5.74) is 0.814. The average Bonchev–Trinajstić information content (AvgIpc) is 2.97. The van der Waals surface area contributed by atoms with Crippen molar-refractivity contribution in [3.8, 4) is 0 Å². The van der Waals surface area contributed by atoms with Gasteiger partial charge in [0.05, 0.1) is 6.61 Å². The van der Waals surface area contributed by atoms with Crippen LogP contribution in [0.1, 0.15) is 12.8 Å². The van der Waals surface area contributed by atoms with Crippen LogP contribution in [-0.4, -0.2) is 29.3 Å². The highest BCUT2D eigenvalue weighted by molar-refractivity contribution is 5.47. The molecule has 0 saturated heterocycles. The maximum Gasteiger partial charge on any atom is 0.214 e. The number of aromatic nitrogens is 1. The fraction of sp³-hybridized carbons (Fsp3) is 0.500. The lowest BCUT2D eigenvalue weighted by atomic mass is 10.3. The van der Waals surface area contributed by atoms with Gasteiger partial charge in [0.15, 0.2) is 0 Å². The van der Waals surface area contributed by atoms with Crippen LogP contribution < -0.4 is 4.90 Å². The molecule has 76 valence electrons. The largest absolute Gasteiger partial charge is 0.395 e. The molecule has 1 aromatic heterocycles. The lowest BCUT2D eigenvalue weighted by Crippen LogP contribution is -2.28. The van der Waals surface area contributed by atoms with E-state index < -0.39 is 5.95 Å². The summed E-state index contributed by atoms with van der Waals surface area (Å²) in [7, 11) is 0. The Morgan fingerprint density at radius 1 is 1.57 bits per heavy atom. The molecule has 0 aromatic carbocycles. The van der Waals surface area contributed by atoms with E-state index in [9.17, 15) is 4.39 Å². The van der Waals surface area contributed by atoms with Crippen molar-refractivity contribution in [2.75, 3.05) is 18.1 Å². The Morgan fingerprint density at radius 3 is 2.93 bits per heavy atom. The van der Waals surface area contributed by atoms with E-state index in [1.807, 2.05) is 4.90 Å². The zero-order chi connectivity index (χ0) is 9.97. The van der Waals surface area contributed by atoms with E-state index in [-0.39, 0.29) is 6.61 Å². The van der Waals surface area contributed by atoms with Crippen LogP contribution in [0.2, 0.25) is 0 Å². The van der Waals surface area contributed by atoms with E-state index in [0.717, 1.165) is 18.5 Å². The number of hydrogen-bond acceptors (Lipinski definition) is 3. The van der Waals surface area contributed by atoms with Gasteiger partial charge in [0.1, 0.15) is 0 Å². The Hall–Kier alpha value is -1.16. The molecular formula is C10H13FN2O. The highest BCUT2D eigenvalue weighted by Gasteiger charge is 2.28. The Morgan fingerprint density at radius 2 is 2.36 bits per heavy atom. The van der Waals surface area contributed by atoms with Crippen molar-refractivity contribution in [1.29, 1.82) is 0 Å². The fourth-order valence-electron chi connectivity index (χ4n) is 1.59. The molecule has 0 atom stereocenters. The van der Waals surface area contributed by atoms with E-state index >= 15 is 0 Å². The minimum Gasteiger partial charge on any atom is -0.395 e. The molecule has 4 heteroatoms. The van der Waals surface area contributed by atoms with Crippen molar-refractivity contribution < 1.29 is 9.50 Å². The lowest BCUT2D eigenvalue weighted by Gasteiger charge is -2.23. The number of hydrogen-bond donors (Lipinski definition) is 1. The normalized spacial score (nSPS) is 15.6. The number of halogens is 1.